The molecular formula is C38H34BrN3O4. The van der Waals surface area contributed by atoms with Crippen LogP contribution in [0.4, 0.5) is 16.2 Å². The summed E-state index contributed by atoms with van der Waals surface area (Å²) < 4.78 is 6.46. The number of rotatable bonds is 7. The number of barbiturate groups is 1. The van der Waals surface area contributed by atoms with E-state index in [0.29, 0.717) is 28.1 Å². The lowest BCUT2D eigenvalue weighted by Crippen LogP contribution is -2.54. The Morgan fingerprint density at radius 1 is 0.848 bits per heavy atom. The van der Waals surface area contributed by atoms with E-state index in [9.17, 15) is 14.4 Å². The molecule has 0 bridgehead atoms. The van der Waals surface area contributed by atoms with Gasteiger partial charge in [-0.15, -0.1) is 0 Å². The third-order valence-electron chi connectivity index (χ3n) is 9.09. The quantitative estimate of drug-likeness (QED) is 0.160. The van der Waals surface area contributed by atoms with Crippen LogP contribution in [0.3, 0.4) is 0 Å². The number of hydrogen-bond donors (Lipinski definition) is 1. The van der Waals surface area contributed by atoms with Gasteiger partial charge in [0.05, 0.1) is 16.8 Å². The Kier molecular flexibility index (Phi) is 8.21. The molecule has 0 aromatic heterocycles. The summed E-state index contributed by atoms with van der Waals surface area (Å²) in [4.78, 5) is 44.2. The molecule has 0 radical (unpaired) electrons. The summed E-state index contributed by atoms with van der Waals surface area (Å²) in [6, 6.07) is 29.4. The SMILES string of the molecule is CCCOc1ccc(/C=C2\C(=O)NC(=O)N(c3cc4c5c(c3)[C@@H](c3ccccc3)CCN5CC[C@@H]4c3ccccc3)C2=O)cc1Br. The first-order valence-electron chi connectivity index (χ1n) is 15.8. The molecule has 0 unspecified atom stereocenters. The first-order chi connectivity index (χ1) is 22.4. The van der Waals surface area contributed by atoms with Gasteiger partial charge in [0.25, 0.3) is 11.8 Å². The first kappa shape index (κ1) is 30.0. The largest absolute Gasteiger partial charge is 0.492 e. The van der Waals surface area contributed by atoms with Gasteiger partial charge in [-0.05, 0) is 93.4 Å². The topological polar surface area (TPSA) is 79.0 Å². The lowest BCUT2D eigenvalue weighted by molar-refractivity contribution is -0.122. The molecule has 4 aromatic carbocycles. The Bertz CT molecular complexity index is 1780. The maximum atomic E-state index is 14.1. The monoisotopic (exact) mass is 675 g/mol. The highest BCUT2D eigenvalue weighted by Gasteiger charge is 2.40. The number of carbonyl (C=O) groups excluding carboxylic acids is 3. The summed E-state index contributed by atoms with van der Waals surface area (Å²) in [6.45, 7) is 4.48. The first-order valence-corrected chi connectivity index (χ1v) is 16.6. The van der Waals surface area contributed by atoms with Gasteiger partial charge in [0.1, 0.15) is 11.3 Å². The smallest absolute Gasteiger partial charge is 0.335 e. The maximum Gasteiger partial charge on any atom is 0.335 e. The van der Waals surface area contributed by atoms with Gasteiger partial charge in [-0.2, -0.15) is 0 Å². The van der Waals surface area contributed by atoms with Gasteiger partial charge >= 0.3 is 6.03 Å². The number of halogens is 1. The van der Waals surface area contributed by atoms with E-state index in [4.69, 9.17) is 4.74 Å². The molecule has 3 heterocycles. The standard InChI is InChI=1S/C38H34BrN3O4/c1-2-19-46-34-14-13-24(21-33(34)39)20-32-36(43)40-38(45)42(37(32)44)27-22-30-28(25-9-5-3-6-10-25)15-17-41-18-16-29(31(23-27)35(30)41)26-11-7-4-8-12-26/h3-14,20-23,28-29H,2,15-19H2,1H3,(H,40,43,45)/b32-20+/t28-,29-/m1/s1. The molecule has 4 amide bonds. The van der Waals surface area contributed by atoms with E-state index in [1.807, 2.05) is 31.2 Å². The van der Waals surface area contributed by atoms with Crippen molar-refractivity contribution in [1.29, 1.82) is 0 Å². The van der Waals surface area contributed by atoms with Crippen molar-refractivity contribution >= 4 is 51.2 Å². The van der Waals surface area contributed by atoms with Crippen LogP contribution in [-0.2, 0) is 9.59 Å². The molecule has 1 fully saturated rings. The highest BCUT2D eigenvalue weighted by molar-refractivity contribution is 9.10. The summed E-state index contributed by atoms with van der Waals surface area (Å²) in [6.07, 6.45) is 4.24. The Morgan fingerprint density at radius 3 is 2.02 bits per heavy atom. The van der Waals surface area contributed by atoms with E-state index in [1.54, 1.807) is 18.2 Å². The average molecular weight is 677 g/mol. The zero-order chi connectivity index (χ0) is 31.8. The fourth-order valence-corrected chi connectivity index (χ4v) is 7.47. The summed E-state index contributed by atoms with van der Waals surface area (Å²) in [5, 5.41) is 2.42. The molecule has 46 heavy (non-hydrogen) atoms. The summed E-state index contributed by atoms with van der Waals surface area (Å²) in [5.74, 6) is -0.488. The number of urea groups is 1. The molecule has 4 aromatic rings. The van der Waals surface area contributed by atoms with Crippen molar-refractivity contribution in [2.45, 2.75) is 38.0 Å². The molecule has 3 aliphatic heterocycles. The fraction of sp³-hybridized carbons (Fsp3) is 0.237. The van der Waals surface area contributed by atoms with Crippen molar-refractivity contribution in [3.63, 3.8) is 0 Å². The molecule has 0 aliphatic carbocycles. The molecule has 0 spiro atoms. The summed E-state index contributed by atoms with van der Waals surface area (Å²) >= 11 is 3.53. The van der Waals surface area contributed by atoms with Crippen molar-refractivity contribution < 1.29 is 19.1 Å². The van der Waals surface area contributed by atoms with Gasteiger partial charge in [-0.3, -0.25) is 14.9 Å². The van der Waals surface area contributed by atoms with Gasteiger partial charge in [0.2, 0.25) is 0 Å². The molecule has 232 valence electrons. The number of hydrogen-bond acceptors (Lipinski definition) is 5. The molecule has 2 atom stereocenters. The summed E-state index contributed by atoms with van der Waals surface area (Å²) in [5.41, 5.74) is 6.77. The molecular weight excluding hydrogens is 642 g/mol. The second-order valence-corrected chi connectivity index (χ2v) is 12.8. The molecule has 7 rings (SSSR count). The number of benzene rings is 4. The number of anilines is 2. The predicted octanol–water partition coefficient (Wildman–Crippen LogP) is 7.78. The van der Waals surface area contributed by atoms with Crippen molar-refractivity contribution in [1.82, 2.24) is 5.32 Å². The Labute approximate surface area is 277 Å². The van der Waals surface area contributed by atoms with Gasteiger partial charge < -0.3 is 9.64 Å². The Morgan fingerprint density at radius 2 is 1.46 bits per heavy atom. The third kappa shape index (κ3) is 5.51. The van der Waals surface area contributed by atoms with Crippen molar-refractivity contribution in [3.8, 4) is 5.75 Å². The summed E-state index contributed by atoms with van der Waals surface area (Å²) in [7, 11) is 0. The van der Waals surface area contributed by atoms with Crippen LogP contribution < -0.4 is 19.9 Å². The third-order valence-corrected chi connectivity index (χ3v) is 9.71. The number of imide groups is 2. The lowest BCUT2D eigenvalue weighted by Gasteiger charge is -2.44. The van der Waals surface area contributed by atoms with E-state index in [1.165, 1.54) is 22.9 Å². The van der Waals surface area contributed by atoms with Crippen LogP contribution in [0.1, 0.15) is 65.8 Å². The normalized spacial score (nSPS) is 20.0. The van der Waals surface area contributed by atoms with E-state index in [2.05, 4.69) is 74.7 Å². The van der Waals surface area contributed by atoms with Gasteiger partial charge in [0, 0.05) is 30.6 Å². The minimum atomic E-state index is -0.750. The van der Waals surface area contributed by atoms with Crippen LogP contribution in [-0.4, -0.2) is 37.5 Å². The molecule has 3 aliphatic rings. The zero-order valence-corrected chi connectivity index (χ0v) is 27.1. The van der Waals surface area contributed by atoms with Crippen molar-refractivity contribution in [3.05, 3.63) is 129 Å². The number of nitrogens with one attached hydrogen (secondary N) is 1. The van der Waals surface area contributed by atoms with Crippen LogP contribution >= 0.6 is 15.9 Å². The maximum absolute atomic E-state index is 14.1. The molecule has 7 nitrogen and oxygen atoms in total. The number of nitrogens with zero attached hydrogens (tertiary/aromatic N) is 2. The second-order valence-electron chi connectivity index (χ2n) is 12.0. The van der Waals surface area contributed by atoms with Crippen LogP contribution in [0, 0.1) is 0 Å². The van der Waals surface area contributed by atoms with Crippen LogP contribution in [0.25, 0.3) is 6.08 Å². The van der Waals surface area contributed by atoms with E-state index in [0.717, 1.165) is 48.4 Å². The number of amides is 4. The molecule has 0 saturated carbocycles. The molecule has 8 heteroatoms. The predicted molar refractivity (Wildman–Crippen MR) is 183 cm³/mol. The molecule has 1 saturated heterocycles. The fourth-order valence-electron chi connectivity index (χ4n) is 6.96. The van der Waals surface area contributed by atoms with E-state index < -0.39 is 17.8 Å². The number of ether oxygens (including phenoxy) is 1. The minimum absolute atomic E-state index is 0.103. The van der Waals surface area contributed by atoms with Crippen molar-refractivity contribution in [2.75, 3.05) is 29.5 Å². The average Bonchev–Trinajstić information content (AvgIpc) is 3.07. The van der Waals surface area contributed by atoms with Gasteiger partial charge in [-0.25, -0.2) is 9.69 Å². The Hall–Kier alpha value is -4.69. The minimum Gasteiger partial charge on any atom is -0.492 e. The van der Waals surface area contributed by atoms with Crippen molar-refractivity contribution in [2.24, 2.45) is 0 Å². The van der Waals surface area contributed by atoms with Crippen LogP contribution in [0.15, 0.2) is 101 Å². The highest BCUT2D eigenvalue weighted by atomic mass is 79.9. The number of carbonyl (C=O) groups is 3. The second kappa shape index (κ2) is 12.6. The van der Waals surface area contributed by atoms with Gasteiger partial charge in [0.15, 0.2) is 0 Å². The highest BCUT2D eigenvalue weighted by Crippen LogP contribution is 2.50. The Balaban J connectivity index is 1.34. The molecule has 1 N–H and O–H groups in total. The van der Waals surface area contributed by atoms with Gasteiger partial charge in [-0.1, -0.05) is 73.7 Å². The van der Waals surface area contributed by atoms with Crippen LogP contribution in [0.2, 0.25) is 0 Å². The zero-order valence-electron chi connectivity index (χ0n) is 25.5. The van der Waals surface area contributed by atoms with E-state index in [-0.39, 0.29) is 17.4 Å². The lowest BCUT2D eigenvalue weighted by atomic mass is 9.76. The van der Waals surface area contributed by atoms with Crippen LogP contribution in [0.5, 0.6) is 5.75 Å². The van der Waals surface area contributed by atoms with E-state index >= 15 is 0 Å².